The van der Waals surface area contributed by atoms with Gasteiger partial charge in [0.2, 0.25) is 59.1 Å². The Balaban J connectivity index is 3.76. The molecule has 29 heteroatoms. The molecule has 452 valence electrons. The Morgan fingerprint density at radius 3 is 1.66 bits per heavy atom. The minimum Gasteiger partial charge on any atom is -0.394 e. The predicted octanol–water partition coefficient (Wildman–Crippen LogP) is -6.62. The maximum Gasteiger partial charge on any atom is 0.245 e. The summed E-state index contributed by atoms with van der Waals surface area (Å²) in [5, 5.41) is 66.6. The summed E-state index contributed by atoms with van der Waals surface area (Å²) in [5.41, 5.74) is 23.1. The molecule has 1 saturated heterocycles. The van der Waals surface area contributed by atoms with E-state index < -0.39 is 169 Å². The molecule has 1 aliphatic rings. The Morgan fingerprint density at radius 1 is 0.595 bits per heavy atom. The van der Waals surface area contributed by atoms with Gasteiger partial charge in [-0.2, -0.15) is 0 Å². The van der Waals surface area contributed by atoms with Crippen LogP contribution in [0.3, 0.4) is 0 Å². The number of nitrogens with one attached hydrogen (secondary N) is 10. The number of carbonyl (C=O) groups excluding carboxylic acids is 11. The van der Waals surface area contributed by atoms with E-state index in [0.29, 0.717) is 6.42 Å². The molecule has 2 unspecified atom stereocenters. The second-order valence-electron chi connectivity index (χ2n) is 20.3. The summed E-state index contributed by atoms with van der Waals surface area (Å²) >= 11 is 0. The van der Waals surface area contributed by atoms with Crippen LogP contribution in [0.15, 0.2) is 0 Å². The zero-order valence-electron chi connectivity index (χ0n) is 46.6. The lowest BCUT2D eigenvalue weighted by Gasteiger charge is -2.28. The topological polar surface area (TPSA) is 493 Å². The molecule has 0 aromatic heterocycles. The second kappa shape index (κ2) is 37.8. The number of ketones is 1. The zero-order valence-corrected chi connectivity index (χ0v) is 46.6. The molecule has 0 aromatic carbocycles. The molecule has 22 N–H and O–H groups in total. The van der Waals surface area contributed by atoms with Crippen LogP contribution in [0.4, 0.5) is 0 Å². The van der Waals surface area contributed by atoms with Crippen molar-refractivity contribution in [1.82, 2.24) is 53.2 Å². The molecule has 0 aliphatic carbocycles. The maximum atomic E-state index is 14.3. The first-order valence-electron chi connectivity index (χ1n) is 27.3. The van der Waals surface area contributed by atoms with Crippen LogP contribution in [0, 0.1) is 11.8 Å². The van der Waals surface area contributed by atoms with Gasteiger partial charge in [-0.05, 0) is 97.8 Å². The summed E-state index contributed by atoms with van der Waals surface area (Å²) in [6.45, 7) is 6.89. The van der Waals surface area contributed by atoms with Gasteiger partial charge in [0.05, 0.1) is 31.0 Å². The molecule has 0 aromatic rings. The molecule has 29 nitrogen and oxygen atoms in total. The Hall–Kier alpha value is -5.95. The quantitative estimate of drug-likeness (QED) is 0.0340. The van der Waals surface area contributed by atoms with Crippen LogP contribution < -0.4 is 76.1 Å². The van der Waals surface area contributed by atoms with Crippen LogP contribution >= 0.6 is 0 Å². The number of Topliss-reactive ketones (excluding diaryl/α,β-unsaturated/α-hetero) is 1. The lowest BCUT2D eigenvalue weighted by atomic mass is 9.88. The van der Waals surface area contributed by atoms with Gasteiger partial charge in [0.25, 0.3) is 0 Å². The molecule has 1 heterocycles. The van der Waals surface area contributed by atoms with Crippen molar-refractivity contribution >= 4 is 64.9 Å². The molecule has 1 aliphatic heterocycles. The van der Waals surface area contributed by atoms with Crippen molar-refractivity contribution in [3.63, 3.8) is 0 Å². The number of hydrogen-bond acceptors (Lipinski definition) is 19. The number of hydrogen-bond donors (Lipinski definition) is 18. The lowest BCUT2D eigenvalue weighted by molar-refractivity contribution is -0.138. The second-order valence-corrected chi connectivity index (χ2v) is 20.3. The number of rotatable bonds is 27. The lowest BCUT2D eigenvalue weighted by Crippen LogP contribution is -2.62. The molecule has 79 heavy (non-hydrogen) atoms. The van der Waals surface area contributed by atoms with Crippen molar-refractivity contribution < 1.29 is 73.2 Å². The first kappa shape index (κ1) is 71.1. The molecular weight excluding hydrogens is 1040 g/mol. The highest BCUT2D eigenvalue weighted by Crippen LogP contribution is 2.19. The molecule has 0 radical (unpaired) electrons. The Labute approximate surface area is 461 Å². The van der Waals surface area contributed by atoms with Crippen LogP contribution in [-0.2, 0) is 52.7 Å². The third kappa shape index (κ3) is 25.8. The van der Waals surface area contributed by atoms with Crippen LogP contribution in [-0.4, -0.2) is 197 Å². The first-order chi connectivity index (χ1) is 37.3. The molecule has 0 spiro atoms. The average molecular weight is 1130 g/mol. The van der Waals surface area contributed by atoms with Crippen molar-refractivity contribution in [2.75, 3.05) is 39.3 Å². The van der Waals surface area contributed by atoms with Gasteiger partial charge in [0.15, 0.2) is 5.78 Å². The number of nitrogens with two attached hydrogens (primary N) is 4. The Kier molecular flexibility index (Phi) is 34.0. The third-order valence-corrected chi connectivity index (χ3v) is 12.9. The minimum absolute atomic E-state index is 0.0390. The van der Waals surface area contributed by atoms with Crippen molar-refractivity contribution in [2.24, 2.45) is 34.8 Å². The zero-order chi connectivity index (χ0) is 59.9. The summed E-state index contributed by atoms with van der Waals surface area (Å²) in [7, 11) is 0. The predicted molar refractivity (Wildman–Crippen MR) is 288 cm³/mol. The number of aliphatic hydroxyl groups is 4. The van der Waals surface area contributed by atoms with E-state index in [1.54, 1.807) is 13.8 Å². The maximum absolute atomic E-state index is 14.3. The van der Waals surface area contributed by atoms with Gasteiger partial charge in [0, 0.05) is 25.3 Å². The minimum atomic E-state index is -1.88. The highest BCUT2D eigenvalue weighted by Gasteiger charge is 2.38. The van der Waals surface area contributed by atoms with Crippen LogP contribution in [0.25, 0.3) is 0 Å². The first-order valence-corrected chi connectivity index (χ1v) is 27.3. The monoisotopic (exact) mass is 1130 g/mol. The van der Waals surface area contributed by atoms with Crippen LogP contribution in [0.1, 0.15) is 125 Å². The summed E-state index contributed by atoms with van der Waals surface area (Å²) in [4.78, 5) is 151. The number of amides is 10. The Bertz CT molecular complexity index is 2000. The molecule has 0 bridgehead atoms. The van der Waals surface area contributed by atoms with Gasteiger partial charge >= 0.3 is 0 Å². The van der Waals surface area contributed by atoms with Crippen LogP contribution in [0.5, 0.6) is 0 Å². The SMILES string of the molecule is CCCCCCCC(=O)N[C@@H](CCN)C(=O)N[C@H](C(=O)N[C@H](CO)C(=O)N[C@H]1CCNC(=O)[C@H](C(C)O)NC(=O)[C@H](CCN)NC(=O)[C@H](CCN)NC(=O)[C@H]([C@H](C)O)NC(=O)[C@@H](CC(C)C)CC(=O)[C@H](CCN)NC1=O)C(C)O. The van der Waals surface area contributed by atoms with Gasteiger partial charge in [-0.25, -0.2) is 0 Å². The van der Waals surface area contributed by atoms with Crippen molar-refractivity contribution in [2.45, 2.75) is 198 Å². The average Bonchev–Trinajstić information content (AvgIpc) is 3.37. The summed E-state index contributed by atoms with van der Waals surface area (Å²) < 4.78 is 0. The van der Waals surface area contributed by atoms with Crippen molar-refractivity contribution in [1.29, 1.82) is 0 Å². The Morgan fingerprint density at radius 2 is 1.13 bits per heavy atom. The van der Waals surface area contributed by atoms with Gasteiger partial charge in [0.1, 0.15) is 48.3 Å². The van der Waals surface area contributed by atoms with Crippen LogP contribution in [0.2, 0.25) is 0 Å². The van der Waals surface area contributed by atoms with E-state index in [1.165, 1.54) is 13.8 Å². The van der Waals surface area contributed by atoms with E-state index in [2.05, 4.69) is 53.2 Å². The highest BCUT2D eigenvalue weighted by molar-refractivity contribution is 5.99. The van der Waals surface area contributed by atoms with Crippen molar-refractivity contribution in [3.8, 4) is 0 Å². The van der Waals surface area contributed by atoms with E-state index in [4.69, 9.17) is 22.9 Å². The van der Waals surface area contributed by atoms with E-state index in [9.17, 15) is 73.2 Å². The fourth-order valence-electron chi connectivity index (χ4n) is 8.43. The fraction of sp³-hybridized carbons (Fsp3) is 0.780. The highest BCUT2D eigenvalue weighted by atomic mass is 16.3. The molecular formula is C50H92N14O15. The third-order valence-electron chi connectivity index (χ3n) is 12.9. The molecule has 1 rings (SSSR count). The number of carbonyl (C=O) groups is 11. The molecule has 1 fully saturated rings. The van der Waals surface area contributed by atoms with Gasteiger partial charge in [-0.15, -0.1) is 0 Å². The van der Waals surface area contributed by atoms with Gasteiger partial charge in [-0.3, -0.25) is 52.7 Å². The van der Waals surface area contributed by atoms with Crippen molar-refractivity contribution in [3.05, 3.63) is 0 Å². The van der Waals surface area contributed by atoms with E-state index in [-0.39, 0.29) is 70.6 Å². The number of unbranched alkanes of at least 4 members (excludes halogenated alkanes) is 4. The number of aliphatic hydroxyl groups excluding tert-OH is 4. The molecule has 13 atom stereocenters. The smallest absolute Gasteiger partial charge is 0.245 e. The fourth-order valence-corrected chi connectivity index (χ4v) is 8.43. The summed E-state index contributed by atoms with van der Waals surface area (Å²) in [5.74, 6) is -11.7. The van der Waals surface area contributed by atoms with Gasteiger partial charge < -0.3 is 96.5 Å². The standard InChI is InChI=1S/C50H92N14O15/c1-7-8-9-10-11-12-38(70)56-32(14-19-52)45(74)64-41(29(6)68)50(79)61-36(25-65)47(76)59-35-17-22-55-48(77)39(27(4)66)63-46(75)34(16-21-54)58-43(72)33(15-20-53)60-49(78)40(28(5)67)62-42(71)30(23-26(2)3)24-37(69)31(13-18-51)57-44(35)73/h26-36,39-41,65-68H,7-25,51-54H2,1-6H3,(H,55,77)(H,56,70)(H,57,73)(H,58,72)(H,59,76)(H,60,78)(H,61,79)(H,62,71)(H,63,75)(H,64,74)/t27?,28-,29?,30-,31-,32-,33-,34-,35-,36+,39-,40-,41-/m0/s1. The van der Waals surface area contributed by atoms with Gasteiger partial charge in [-0.1, -0.05) is 46.5 Å². The summed E-state index contributed by atoms with van der Waals surface area (Å²) in [6.07, 6.45) is -1.97. The normalized spacial score (nSPS) is 23.9. The largest absolute Gasteiger partial charge is 0.394 e. The molecule has 0 saturated carbocycles. The summed E-state index contributed by atoms with van der Waals surface area (Å²) in [6, 6.07) is -14.3. The van der Waals surface area contributed by atoms with E-state index >= 15 is 0 Å². The van der Waals surface area contributed by atoms with E-state index in [0.717, 1.165) is 32.6 Å². The molecule has 10 amide bonds. The van der Waals surface area contributed by atoms with E-state index in [1.807, 2.05) is 6.92 Å².